The summed E-state index contributed by atoms with van der Waals surface area (Å²) in [5.41, 5.74) is 1.61. The Bertz CT molecular complexity index is 877. The Labute approximate surface area is 154 Å². The molecule has 3 rings (SSSR count). The molecular formula is C17H16ClN3O3S. The van der Waals surface area contributed by atoms with Gasteiger partial charge in [-0.3, -0.25) is 4.79 Å². The monoisotopic (exact) mass is 377 g/mol. The van der Waals surface area contributed by atoms with Gasteiger partial charge in [-0.25, -0.2) is 0 Å². The number of aromatic nitrogens is 2. The number of hydrogen-bond donors (Lipinski definition) is 1. The number of benzene rings is 1. The first-order valence-corrected chi connectivity index (χ1v) is 8.86. The average molecular weight is 378 g/mol. The van der Waals surface area contributed by atoms with Crippen LogP contribution < -0.4 is 5.32 Å². The van der Waals surface area contributed by atoms with Gasteiger partial charge in [0.05, 0.1) is 17.1 Å². The zero-order chi connectivity index (χ0) is 17.8. The van der Waals surface area contributed by atoms with E-state index in [1.54, 1.807) is 25.3 Å². The third kappa shape index (κ3) is 4.24. The second-order valence-electron chi connectivity index (χ2n) is 5.33. The van der Waals surface area contributed by atoms with Gasteiger partial charge in [0.2, 0.25) is 5.91 Å². The number of amides is 1. The molecule has 3 aromatic rings. The lowest BCUT2D eigenvalue weighted by molar-refractivity contribution is -0.120. The molecular weight excluding hydrogens is 362 g/mol. The first-order chi connectivity index (χ1) is 12.0. The van der Waals surface area contributed by atoms with Crippen molar-refractivity contribution in [2.45, 2.75) is 30.9 Å². The summed E-state index contributed by atoms with van der Waals surface area (Å²) in [5, 5.41) is 11.4. The molecule has 0 radical (unpaired) electrons. The smallest absolute Gasteiger partial charge is 0.277 e. The highest BCUT2D eigenvalue weighted by atomic mass is 35.5. The van der Waals surface area contributed by atoms with Crippen LogP contribution in [-0.4, -0.2) is 21.4 Å². The van der Waals surface area contributed by atoms with Crippen molar-refractivity contribution in [3.8, 4) is 11.5 Å². The van der Waals surface area contributed by atoms with Crippen molar-refractivity contribution < 1.29 is 13.6 Å². The number of thioether (sulfide) groups is 1. The van der Waals surface area contributed by atoms with Crippen molar-refractivity contribution in [3.63, 3.8) is 0 Å². The van der Waals surface area contributed by atoms with E-state index in [-0.39, 0.29) is 11.2 Å². The van der Waals surface area contributed by atoms with Crippen LogP contribution in [0.2, 0.25) is 5.02 Å². The summed E-state index contributed by atoms with van der Waals surface area (Å²) in [6, 6.07) is 9.15. The lowest BCUT2D eigenvalue weighted by atomic mass is 10.2. The molecule has 0 fully saturated rings. The van der Waals surface area contributed by atoms with Gasteiger partial charge in [0.15, 0.2) is 0 Å². The number of rotatable bonds is 6. The highest BCUT2D eigenvalue weighted by Gasteiger charge is 2.19. The van der Waals surface area contributed by atoms with Gasteiger partial charge >= 0.3 is 0 Å². The van der Waals surface area contributed by atoms with E-state index >= 15 is 0 Å². The van der Waals surface area contributed by atoms with Crippen LogP contribution in [0, 0.1) is 6.92 Å². The van der Waals surface area contributed by atoms with Crippen LogP contribution in [0.3, 0.4) is 0 Å². The molecule has 1 N–H and O–H groups in total. The predicted molar refractivity (Wildman–Crippen MR) is 95.4 cm³/mol. The molecule has 0 spiro atoms. The minimum Gasteiger partial charge on any atom is -0.469 e. The van der Waals surface area contributed by atoms with Gasteiger partial charge in [-0.1, -0.05) is 41.6 Å². The minimum absolute atomic E-state index is 0.135. The van der Waals surface area contributed by atoms with Crippen LogP contribution in [0.1, 0.15) is 18.2 Å². The molecule has 2 aromatic heterocycles. The zero-order valence-electron chi connectivity index (χ0n) is 13.7. The molecule has 1 amide bonds. The number of carbonyl (C=O) groups excluding carboxylic acids is 1. The van der Waals surface area contributed by atoms with Gasteiger partial charge in [-0.2, -0.15) is 0 Å². The second kappa shape index (κ2) is 7.76. The molecule has 0 saturated carbocycles. The van der Waals surface area contributed by atoms with Crippen LogP contribution in [0.15, 0.2) is 50.7 Å². The lowest BCUT2D eigenvalue weighted by Crippen LogP contribution is -2.30. The largest absolute Gasteiger partial charge is 0.469 e. The van der Waals surface area contributed by atoms with Gasteiger partial charge in [-0.05, 0) is 31.5 Å². The van der Waals surface area contributed by atoms with Crippen molar-refractivity contribution in [1.82, 2.24) is 15.5 Å². The van der Waals surface area contributed by atoms with Crippen LogP contribution in [-0.2, 0) is 11.3 Å². The van der Waals surface area contributed by atoms with Crippen LogP contribution in [0.25, 0.3) is 11.5 Å². The van der Waals surface area contributed by atoms with E-state index in [1.165, 1.54) is 11.8 Å². The Morgan fingerprint density at radius 2 is 2.12 bits per heavy atom. The summed E-state index contributed by atoms with van der Waals surface area (Å²) in [5.74, 6) is 0.937. The molecule has 8 heteroatoms. The van der Waals surface area contributed by atoms with Crippen molar-refractivity contribution in [1.29, 1.82) is 0 Å². The maximum atomic E-state index is 12.2. The van der Waals surface area contributed by atoms with Crippen molar-refractivity contribution in [3.05, 3.63) is 52.9 Å². The summed E-state index contributed by atoms with van der Waals surface area (Å²) in [7, 11) is 0. The van der Waals surface area contributed by atoms with E-state index in [1.807, 2.05) is 25.1 Å². The van der Waals surface area contributed by atoms with E-state index in [0.29, 0.717) is 28.4 Å². The molecule has 0 aliphatic carbocycles. The molecule has 0 aliphatic rings. The molecule has 1 aromatic carbocycles. The Kier molecular flexibility index (Phi) is 5.45. The third-order valence-corrected chi connectivity index (χ3v) is 4.86. The van der Waals surface area contributed by atoms with Gasteiger partial charge < -0.3 is 14.2 Å². The Hall–Kier alpha value is -2.25. The summed E-state index contributed by atoms with van der Waals surface area (Å²) in [4.78, 5) is 12.2. The van der Waals surface area contributed by atoms with E-state index in [0.717, 1.165) is 11.1 Å². The molecule has 1 unspecified atom stereocenters. The summed E-state index contributed by atoms with van der Waals surface area (Å²) in [6.45, 7) is 3.96. The van der Waals surface area contributed by atoms with Gasteiger partial charge in [0.1, 0.15) is 5.76 Å². The molecule has 130 valence electrons. The number of hydrogen-bond acceptors (Lipinski definition) is 6. The normalized spacial score (nSPS) is 12.1. The maximum Gasteiger partial charge on any atom is 0.277 e. The fraction of sp³-hybridized carbons (Fsp3) is 0.235. The summed E-state index contributed by atoms with van der Waals surface area (Å²) >= 11 is 7.28. The number of carbonyl (C=O) groups is 1. The van der Waals surface area contributed by atoms with E-state index < -0.39 is 0 Å². The molecule has 0 saturated heterocycles. The Morgan fingerprint density at radius 3 is 2.84 bits per heavy atom. The first kappa shape index (κ1) is 17.6. The molecule has 1 atom stereocenters. The molecule has 0 aliphatic heterocycles. The van der Waals surface area contributed by atoms with E-state index in [9.17, 15) is 4.79 Å². The van der Waals surface area contributed by atoms with E-state index in [4.69, 9.17) is 20.4 Å². The number of nitrogens with one attached hydrogen (secondary N) is 1. The van der Waals surface area contributed by atoms with E-state index in [2.05, 4.69) is 15.5 Å². The third-order valence-electron chi connectivity index (χ3n) is 3.55. The highest BCUT2D eigenvalue weighted by molar-refractivity contribution is 8.00. The fourth-order valence-corrected chi connectivity index (χ4v) is 3.06. The predicted octanol–water partition coefficient (Wildman–Crippen LogP) is 4.09. The van der Waals surface area contributed by atoms with Gasteiger partial charge in [0.25, 0.3) is 11.1 Å². The quantitative estimate of drug-likeness (QED) is 0.651. The van der Waals surface area contributed by atoms with Crippen LogP contribution >= 0.6 is 23.4 Å². The average Bonchev–Trinajstić information content (AvgIpc) is 3.22. The topological polar surface area (TPSA) is 81.2 Å². The van der Waals surface area contributed by atoms with Crippen molar-refractivity contribution in [2.75, 3.05) is 0 Å². The van der Waals surface area contributed by atoms with Crippen LogP contribution in [0.5, 0.6) is 0 Å². The minimum atomic E-state index is -0.388. The number of nitrogens with zero attached hydrogens (tertiary/aromatic N) is 2. The van der Waals surface area contributed by atoms with Crippen LogP contribution in [0.4, 0.5) is 0 Å². The number of furan rings is 1. The van der Waals surface area contributed by atoms with Gasteiger partial charge in [-0.15, -0.1) is 10.2 Å². The Balaban J connectivity index is 1.58. The maximum absolute atomic E-state index is 12.2. The van der Waals surface area contributed by atoms with Gasteiger partial charge in [0, 0.05) is 11.6 Å². The SMILES string of the molecule is Cc1occc1-c1nnc(SC(C)C(=O)NCc2ccccc2Cl)o1. The molecule has 0 bridgehead atoms. The first-order valence-electron chi connectivity index (χ1n) is 7.60. The Morgan fingerprint density at radius 1 is 1.32 bits per heavy atom. The zero-order valence-corrected chi connectivity index (χ0v) is 15.2. The highest BCUT2D eigenvalue weighted by Crippen LogP contribution is 2.28. The van der Waals surface area contributed by atoms with Crippen molar-refractivity contribution in [2.24, 2.45) is 0 Å². The van der Waals surface area contributed by atoms with Crippen molar-refractivity contribution >= 4 is 29.3 Å². The number of halogens is 1. The standard InChI is InChI=1S/C17H16ClN3O3S/c1-10-13(7-8-23-10)16-20-21-17(24-16)25-11(2)15(22)19-9-12-5-3-4-6-14(12)18/h3-8,11H,9H2,1-2H3,(H,19,22). The molecule has 2 heterocycles. The summed E-state index contributed by atoms with van der Waals surface area (Å²) < 4.78 is 10.8. The second-order valence-corrected chi connectivity index (χ2v) is 7.03. The molecule has 25 heavy (non-hydrogen) atoms. The number of aryl methyl sites for hydroxylation is 1. The lowest BCUT2D eigenvalue weighted by Gasteiger charge is -2.10. The fourth-order valence-electron chi connectivity index (χ4n) is 2.15. The molecule has 6 nitrogen and oxygen atoms in total. The summed E-state index contributed by atoms with van der Waals surface area (Å²) in [6.07, 6.45) is 1.56.